The highest BCUT2D eigenvalue weighted by Gasteiger charge is 2.20. The maximum atomic E-state index is 4.59. The van der Waals surface area contributed by atoms with Gasteiger partial charge in [0.1, 0.15) is 0 Å². The van der Waals surface area contributed by atoms with Gasteiger partial charge in [-0.25, -0.2) is 0 Å². The second-order valence-electron chi connectivity index (χ2n) is 5.63. The number of aromatic nitrogens is 2. The van der Waals surface area contributed by atoms with Gasteiger partial charge in [0.2, 0.25) is 0 Å². The Labute approximate surface area is 128 Å². The Morgan fingerprint density at radius 3 is 2.68 bits per heavy atom. The van der Waals surface area contributed by atoms with Gasteiger partial charge in [0.15, 0.2) is 0 Å². The van der Waals surface area contributed by atoms with Crippen molar-refractivity contribution < 1.29 is 0 Å². The van der Waals surface area contributed by atoms with Gasteiger partial charge in [-0.1, -0.05) is 19.1 Å². The Bertz CT molecular complexity index is 553. The fourth-order valence-corrected chi connectivity index (χ4v) is 3.40. The van der Waals surface area contributed by atoms with Crippen molar-refractivity contribution in [2.24, 2.45) is 5.92 Å². The third-order valence-electron chi connectivity index (χ3n) is 4.12. The summed E-state index contributed by atoms with van der Waals surface area (Å²) >= 11 is 2.36. The van der Waals surface area contributed by atoms with Crippen molar-refractivity contribution in [3.8, 4) is 11.1 Å². The zero-order valence-electron chi connectivity index (χ0n) is 11.2. The summed E-state index contributed by atoms with van der Waals surface area (Å²) in [7, 11) is 0. The minimum Gasteiger partial charge on any atom is -0.269 e. The molecule has 0 unspecified atom stereocenters. The molecule has 2 nitrogen and oxygen atoms in total. The summed E-state index contributed by atoms with van der Waals surface area (Å²) in [6.45, 7) is 2.36. The van der Waals surface area contributed by atoms with Crippen molar-refractivity contribution in [1.29, 1.82) is 0 Å². The highest BCUT2D eigenvalue weighted by molar-refractivity contribution is 14.1. The summed E-state index contributed by atoms with van der Waals surface area (Å²) in [6.07, 6.45) is 9.44. The zero-order valence-corrected chi connectivity index (χ0v) is 13.4. The van der Waals surface area contributed by atoms with E-state index in [-0.39, 0.29) is 0 Å². The molecular formula is C16H19IN2. The summed E-state index contributed by atoms with van der Waals surface area (Å²) in [6, 6.07) is 9.21. The molecule has 3 rings (SSSR count). The Hall–Kier alpha value is -0.840. The summed E-state index contributed by atoms with van der Waals surface area (Å²) in [5.41, 5.74) is 2.50. The monoisotopic (exact) mass is 366 g/mol. The highest BCUT2D eigenvalue weighted by atomic mass is 127. The fourth-order valence-electron chi connectivity index (χ4n) is 2.86. The number of hydrogen-bond donors (Lipinski definition) is 0. The molecule has 1 fully saturated rings. The lowest BCUT2D eigenvalue weighted by Gasteiger charge is -2.26. The third-order valence-corrected chi connectivity index (χ3v) is 4.79. The average Bonchev–Trinajstić information content (AvgIpc) is 2.89. The summed E-state index contributed by atoms with van der Waals surface area (Å²) in [4.78, 5) is 0. The van der Waals surface area contributed by atoms with E-state index in [0.29, 0.717) is 6.04 Å². The second-order valence-corrected chi connectivity index (χ2v) is 6.88. The van der Waals surface area contributed by atoms with Gasteiger partial charge >= 0.3 is 0 Å². The Balaban J connectivity index is 1.80. The lowest BCUT2D eigenvalue weighted by Crippen LogP contribution is -2.16. The number of hydrogen-bond acceptors (Lipinski definition) is 1. The molecule has 100 valence electrons. The molecular weight excluding hydrogens is 347 g/mol. The van der Waals surface area contributed by atoms with Crippen LogP contribution < -0.4 is 0 Å². The molecule has 1 aromatic carbocycles. The van der Waals surface area contributed by atoms with Crippen LogP contribution in [0.1, 0.15) is 38.6 Å². The Kier molecular flexibility index (Phi) is 3.91. The molecule has 0 N–H and O–H groups in total. The van der Waals surface area contributed by atoms with E-state index in [4.69, 9.17) is 0 Å². The van der Waals surface area contributed by atoms with Crippen molar-refractivity contribution in [3.05, 3.63) is 40.2 Å². The molecule has 0 aliphatic heterocycles. The number of rotatable bonds is 2. The first-order valence-electron chi connectivity index (χ1n) is 7.02. The first-order valence-corrected chi connectivity index (χ1v) is 8.10. The van der Waals surface area contributed by atoms with Crippen LogP contribution in [0.25, 0.3) is 11.1 Å². The summed E-state index contributed by atoms with van der Waals surface area (Å²) < 4.78 is 3.45. The van der Waals surface area contributed by atoms with Crippen molar-refractivity contribution in [2.75, 3.05) is 0 Å². The van der Waals surface area contributed by atoms with Crippen LogP contribution in [0.5, 0.6) is 0 Å². The van der Waals surface area contributed by atoms with E-state index < -0.39 is 0 Å². The SMILES string of the molecule is CC1CCC(n2cc(-c3cccc(I)c3)cn2)CC1. The molecule has 1 heterocycles. The minimum atomic E-state index is 0.604. The molecule has 0 amide bonds. The fraction of sp³-hybridized carbons (Fsp3) is 0.438. The molecule has 0 bridgehead atoms. The first kappa shape index (κ1) is 13.2. The number of halogens is 1. The van der Waals surface area contributed by atoms with E-state index in [1.54, 1.807) is 0 Å². The Morgan fingerprint density at radius 2 is 1.95 bits per heavy atom. The van der Waals surface area contributed by atoms with Crippen LogP contribution in [0.15, 0.2) is 36.7 Å². The smallest absolute Gasteiger partial charge is 0.0568 e. The van der Waals surface area contributed by atoms with Gasteiger partial charge in [0.05, 0.1) is 12.2 Å². The molecule has 1 aliphatic rings. The van der Waals surface area contributed by atoms with Gasteiger partial charge in [-0.15, -0.1) is 0 Å². The van der Waals surface area contributed by atoms with Gasteiger partial charge in [-0.2, -0.15) is 5.10 Å². The van der Waals surface area contributed by atoms with Gasteiger partial charge in [-0.05, 0) is 71.9 Å². The molecule has 0 saturated heterocycles. The molecule has 19 heavy (non-hydrogen) atoms. The van der Waals surface area contributed by atoms with Crippen LogP contribution >= 0.6 is 22.6 Å². The lowest BCUT2D eigenvalue weighted by molar-refractivity contribution is 0.274. The van der Waals surface area contributed by atoms with Crippen molar-refractivity contribution in [1.82, 2.24) is 9.78 Å². The van der Waals surface area contributed by atoms with Gasteiger partial charge in [-0.3, -0.25) is 4.68 Å². The van der Waals surface area contributed by atoms with E-state index in [0.717, 1.165) is 5.92 Å². The molecule has 0 radical (unpaired) electrons. The maximum Gasteiger partial charge on any atom is 0.0568 e. The summed E-state index contributed by atoms with van der Waals surface area (Å²) in [5.74, 6) is 0.891. The van der Waals surface area contributed by atoms with Crippen molar-refractivity contribution >= 4 is 22.6 Å². The van der Waals surface area contributed by atoms with E-state index in [1.165, 1.54) is 40.4 Å². The molecule has 3 heteroatoms. The van der Waals surface area contributed by atoms with E-state index in [1.807, 2.05) is 6.20 Å². The maximum absolute atomic E-state index is 4.59. The lowest BCUT2D eigenvalue weighted by atomic mass is 9.87. The number of benzene rings is 1. The van der Waals surface area contributed by atoms with Crippen LogP contribution in [-0.2, 0) is 0 Å². The second kappa shape index (κ2) is 5.65. The van der Waals surface area contributed by atoms with Crippen molar-refractivity contribution in [3.63, 3.8) is 0 Å². The summed E-state index contributed by atoms with van der Waals surface area (Å²) in [5, 5.41) is 4.59. The van der Waals surface area contributed by atoms with E-state index >= 15 is 0 Å². The quantitative estimate of drug-likeness (QED) is 0.691. The van der Waals surface area contributed by atoms with Gasteiger partial charge < -0.3 is 0 Å². The molecule has 1 aromatic heterocycles. The predicted molar refractivity (Wildman–Crippen MR) is 87.0 cm³/mol. The average molecular weight is 366 g/mol. The predicted octanol–water partition coefficient (Wildman–Crippen LogP) is 4.91. The highest BCUT2D eigenvalue weighted by Crippen LogP contribution is 2.32. The Morgan fingerprint density at radius 1 is 1.16 bits per heavy atom. The molecule has 0 atom stereocenters. The minimum absolute atomic E-state index is 0.604. The van der Waals surface area contributed by atoms with Gasteiger partial charge in [0.25, 0.3) is 0 Å². The molecule has 1 aliphatic carbocycles. The topological polar surface area (TPSA) is 17.8 Å². The van der Waals surface area contributed by atoms with E-state index in [9.17, 15) is 0 Å². The van der Waals surface area contributed by atoms with Crippen LogP contribution in [0.3, 0.4) is 0 Å². The third kappa shape index (κ3) is 3.02. The largest absolute Gasteiger partial charge is 0.269 e. The van der Waals surface area contributed by atoms with Crippen LogP contribution in [-0.4, -0.2) is 9.78 Å². The number of nitrogens with zero attached hydrogens (tertiary/aromatic N) is 2. The van der Waals surface area contributed by atoms with Crippen LogP contribution in [0.2, 0.25) is 0 Å². The normalized spacial score (nSPS) is 23.5. The molecule has 0 spiro atoms. The molecule has 2 aromatic rings. The van der Waals surface area contributed by atoms with E-state index in [2.05, 4.69) is 69.8 Å². The molecule has 1 saturated carbocycles. The van der Waals surface area contributed by atoms with Gasteiger partial charge in [0, 0.05) is 15.3 Å². The first-order chi connectivity index (χ1) is 9.22. The zero-order chi connectivity index (χ0) is 13.2. The van der Waals surface area contributed by atoms with Crippen molar-refractivity contribution in [2.45, 2.75) is 38.6 Å². The standard InChI is InChI=1S/C16H19IN2/c1-12-5-7-16(8-6-12)19-11-14(10-18-19)13-3-2-4-15(17)9-13/h2-4,9-12,16H,5-8H2,1H3. The van der Waals surface area contributed by atoms with Crippen LogP contribution in [0, 0.1) is 9.49 Å². The van der Waals surface area contributed by atoms with Crippen LogP contribution in [0.4, 0.5) is 0 Å².